The Morgan fingerprint density at radius 2 is 1.95 bits per heavy atom. The highest BCUT2D eigenvalue weighted by molar-refractivity contribution is 6.42. The fourth-order valence-corrected chi connectivity index (χ4v) is 2.38. The van der Waals surface area contributed by atoms with Crippen LogP contribution >= 0.6 is 23.2 Å². The predicted molar refractivity (Wildman–Crippen MR) is 79.8 cm³/mol. The molecule has 0 spiro atoms. The summed E-state index contributed by atoms with van der Waals surface area (Å²) >= 11 is 12.0. The second-order valence-corrected chi connectivity index (χ2v) is 5.17. The Labute approximate surface area is 120 Å². The van der Waals surface area contributed by atoms with Crippen molar-refractivity contribution in [2.45, 2.75) is 6.92 Å². The molecule has 0 fully saturated rings. The molecule has 5 heteroatoms. The fraction of sp³-hybridized carbons (Fsp3) is 0.0714. The van der Waals surface area contributed by atoms with Gasteiger partial charge in [0.1, 0.15) is 17.2 Å². The van der Waals surface area contributed by atoms with Gasteiger partial charge in [0.2, 0.25) is 0 Å². The summed E-state index contributed by atoms with van der Waals surface area (Å²) in [5, 5.41) is 1.01. The van der Waals surface area contributed by atoms with E-state index in [9.17, 15) is 0 Å². The molecule has 0 saturated heterocycles. The second kappa shape index (κ2) is 4.44. The number of imidazole rings is 1. The number of aryl methyl sites for hydroxylation is 1. The summed E-state index contributed by atoms with van der Waals surface area (Å²) in [4.78, 5) is 4.59. The van der Waals surface area contributed by atoms with E-state index in [-0.39, 0.29) is 0 Å². The Morgan fingerprint density at radius 3 is 2.63 bits per heavy atom. The van der Waals surface area contributed by atoms with Crippen molar-refractivity contribution >= 4 is 34.7 Å². The van der Waals surface area contributed by atoms with Crippen molar-refractivity contribution in [2.24, 2.45) is 0 Å². The molecule has 96 valence electrons. The van der Waals surface area contributed by atoms with Crippen LogP contribution in [0.3, 0.4) is 0 Å². The molecule has 0 aliphatic heterocycles. The minimum Gasteiger partial charge on any atom is -0.383 e. The molecule has 0 unspecified atom stereocenters. The molecule has 3 nitrogen and oxygen atoms in total. The predicted octanol–water partition coefficient (Wildman–Crippen LogP) is 4.20. The van der Waals surface area contributed by atoms with Crippen LogP contribution in [0.25, 0.3) is 16.9 Å². The minimum atomic E-state index is 0.493. The first-order chi connectivity index (χ1) is 9.08. The molecule has 0 bridgehead atoms. The molecule has 1 aromatic carbocycles. The van der Waals surface area contributed by atoms with Gasteiger partial charge in [-0.05, 0) is 30.7 Å². The third kappa shape index (κ3) is 1.95. The van der Waals surface area contributed by atoms with E-state index in [2.05, 4.69) is 4.98 Å². The Hall–Kier alpha value is -1.71. The largest absolute Gasteiger partial charge is 0.383 e. The van der Waals surface area contributed by atoms with E-state index in [1.54, 1.807) is 12.1 Å². The number of nitrogen functional groups attached to an aromatic ring is 1. The molecule has 0 atom stereocenters. The van der Waals surface area contributed by atoms with Gasteiger partial charge in [-0.15, -0.1) is 0 Å². The molecule has 0 radical (unpaired) electrons. The maximum atomic E-state index is 6.15. The van der Waals surface area contributed by atoms with Crippen LogP contribution in [0.15, 0.2) is 36.5 Å². The molecule has 19 heavy (non-hydrogen) atoms. The van der Waals surface area contributed by atoms with Gasteiger partial charge in [-0.25, -0.2) is 4.98 Å². The van der Waals surface area contributed by atoms with Crippen molar-refractivity contribution in [3.05, 3.63) is 52.1 Å². The van der Waals surface area contributed by atoms with Crippen LogP contribution in [-0.4, -0.2) is 9.38 Å². The average molecular weight is 292 g/mol. The molecular weight excluding hydrogens is 281 g/mol. The van der Waals surface area contributed by atoms with E-state index in [1.165, 1.54) is 0 Å². The SMILES string of the molecule is Cc1cccn2c(N)c(-c3ccc(Cl)c(Cl)c3)nc12. The van der Waals surface area contributed by atoms with Gasteiger partial charge in [-0.3, -0.25) is 4.40 Å². The number of hydrogen-bond acceptors (Lipinski definition) is 2. The number of fused-ring (bicyclic) bond motifs is 1. The number of benzene rings is 1. The molecule has 3 aromatic rings. The van der Waals surface area contributed by atoms with Gasteiger partial charge in [0, 0.05) is 11.8 Å². The molecule has 2 heterocycles. The van der Waals surface area contributed by atoms with Gasteiger partial charge in [0.15, 0.2) is 0 Å². The number of aromatic nitrogens is 2. The maximum Gasteiger partial charge on any atom is 0.142 e. The first-order valence-electron chi connectivity index (χ1n) is 5.76. The van der Waals surface area contributed by atoms with Crippen molar-refractivity contribution in [3.63, 3.8) is 0 Å². The highest BCUT2D eigenvalue weighted by Crippen LogP contribution is 2.32. The smallest absolute Gasteiger partial charge is 0.142 e. The van der Waals surface area contributed by atoms with Gasteiger partial charge >= 0.3 is 0 Å². The maximum absolute atomic E-state index is 6.15. The Bertz CT molecular complexity index is 778. The second-order valence-electron chi connectivity index (χ2n) is 4.36. The van der Waals surface area contributed by atoms with Crippen molar-refractivity contribution in [1.82, 2.24) is 9.38 Å². The quantitative estimate of drug-likeness (QED) is 0.730. The number of rotatable bonds is 1. The molecule has 0 aliphatic rings. The van der Waals surface area contributed by atoms with Crippen LogP contribution in [0.2, 0.25) is 10.0 Å². The topological polar surface area (TPSA) is 43.3 Å². The van der Waals surface area contributed by atoms with Gasteiger partial charge in [-0.1, -0.05) is 35.3 Å². The lowest BCUT2D eigenvalue weighted by molar-refractivity contribution is 1.17. The highest BCUT2D eigenvalue weighted by Gasteiger charge is 2.13. The summed E-state index contributed by atoms with van der Waals surface area (Å²) in [6.45, 7) is 2.00. The normalized spacial score (nSPS) is 11.1. The van der Waals surface area contributed by atoms with Gasteiger partial charge in [-0.2, -0.15) is 0 Å². The number of hydrogen-bond donors (Lipinski definition) is 1. The zero-order valence-corrected chi connectivity index (χ0v) is 11.7. The molecule has 0 aliphatic carbocycles. The Balaban J connectivity index is 2.28. The zero-order chi connectivity index (χ0) is 13.6. The summed E-state index contributed by atoms with van der Waals surface area (Å²) in [7, 11) is 0. The van der Waals surface area contributed by atoms with E-state index in [0.29, 0.717) is 21.6 Å². The van der Waals surface area contributed by atoms with Gasteiger partial charge in [0.25, 0.3) is 0 Å². The summed E-state index contributed by atoms with van der Waals surface area (Å²) in [6.07, 6.45) is 1.89. The number of nitrogens with zero attached hydrogens (tertiary/aromatic N) is 2. The van der Waals surface area contributed by atoms with Gasteiger partial charge in [0.05, 0.1) is 10.0 Å². The molecule has 0 saturated carbocycles. The lowest BCUT2D eigenvalue weighted by atomic mass is 10.1. The fourth-order valence-electron chi connectivity index (χ4n) is 2.08. The number of nitrogens with two attached hydrogens (primary N) is 1. The van der Waals surface area contributed by atoms with Crippen LogP contribution in [0.4, 0.5) is 5.82 Å². The van der Waals surface area contributed by atoms with Gasteiger partial charge < -0.3 is 5.73 Å². The highest BCUT2D eigenvalue weighted by atomic mass is 35.5. The Morgan fingerprint density at radius 1 is 1.16 bits per heavy atom. The standard InChI is InChI=1S/C14H11Cl2N3/c1-8-3-2-6-19-13(17)12(18-14(8)19)9-4-5-10(15)11(16)7-9/h2-7H,17H2,1H3. The van der Waals surface area contributed by atoms with Crippen LogP contribution in [0, 0.1) is 6.92 Å². The first kappa shape index (κ1) is 12.3. The van der Waals surface area contributed by atoms with Crippen LogP contribution < -0.4 is 5.73 Å². The van der Waals surface area contributed by atoms with E-state index < -0.39 is 0 Å². The van der Waals surface area contributed by atoms with Crippen molar-refractivity contribution in [3.8, 4) is 11.3 Å². The van der Waals surface area contributed by atoms with Crippen molar-refractivity contribution in [2.75, 3.05) is 5.73 Å². The molecule has 2 aromatic heterocycles. The van der Waals surface area contributed by atoms with Crippen LogP contribution in [-0.2, 0) is 0 Å². The minimum absolute atomic E-state index is 0.493. The van der Waals surface area contributed by atoms with E-state index in [1.807, 2.05) is 35.7 Å². The van der Waals surface area contributed by atoms with Crippen LogP contribution in [0.1, 0.15) is 5.56 Å². The third-order valence-electron chi connectivity index (χ3n) is 3.08. The lowest BCUT2D eigenvalue weighted by Crippen LogP contribution is -1.94. The summed E-state index contributed by atoms with van der Waals surface area (Å²) in [5.74, 6) is 0.595. The molecule has 3 rings (SSSR count). The first-order valence-corrected chi connectivity index (χ1v) is 6.52. The van der Waals surface area contributed by atoms with Crippen molar-refractivity contribution in [1.29, 1.82) is 0 Å². The molecule has 2 N–H and O–H groups in total. The van der Waals surface area contributed by atoms with E-state index in [4.69, 9.17) is 28.9 Å². The summed E-state index contributed by atoms with van der Waals surface area (Å²) in [6, 6.07) is 9.33. The average Bonchev–Trinajstić information content (AvgIpc) is 2.72. The number of pyridine rings is 1. The monoisotopic (exact) mass is 291 g/mol. The summed E-state index contributed by atoms with van der Waals surface area (Å²) in [5.41, 5.74) is 9.64. The zero-order valence-electron chi connectivity index (χ0n) is 10.2. The lowest BCUT2D eigenvalue weighted by Gasteiger charge is -2.01. The van der Waals surface area contributed by atoms with E-state index in [0.717, 1.165) is 16.8 Å². The van der Waals surface area contributed by atoms with Crippen LogP contribution in [0.5, 0.6) is 0 Å². The molecular formula is C14H11Cl2N3. The Kier molecular flexibility index (Phi) is 2.88. The number of anilines is 1. The summed E-state index contributed by atoms with van der Waals surface area (Å²) < 4.78 is 1.87. The number of halogens is 2. The van der Waals surface area contributed by atoms with Crippen molar-refractivity contribution < 1.29 is 0 Å². The van der Waals surface area contributed by atoms with E-state index >= 15 is 0 Å². The third-order valence-corrected chi connectivity index (χ3v) is 3.81. The molecule has 0 amide bonds.